The van der Waals surface area contributed by atoms with Gasteiger partial charge in [-0.05, 0) is 32.6 Å². The summed E-state index contributed by atoms with van der Waals surface area (Å²) >= 11 is 0. The predicted molar refractivity (Wildman–Crippen MR) is 131 cm³/mol. The van der Waals surface area contributed by atoms with E-state index in [1.165, 1.54) is 11.8 Å². The molecule has 1 rings (SSSR count). The summed E-state index contributed by atoms with van der Waals surface area (Å²) in [5.74, 6) is -1.33. The van der Waals surface area contributed by atoms with Crippen molar-refractivity contribution in [3.63, 3.8) is 0 Å². The molecule has 0 aliphatic carbocycles. The van der Waals surface area contributed by atoms with Gasteiger partial charge in [-0.25, -0.2) is 0 Å². The zero-order valence-corrected chi connectivity index (χ0v) is 21.0. The number of nitrogens with zero attached hydrogens (tertiary/aromatic N) is 2. The van der Waals surface area contributed by atoms with Gasteiger partial charge in [0, 0.05) is 26.6 Å². The molecule has 14 heteroatoms. The van der Waals surface area contributed by atoms with Gasteiger partial charge in [-0.15, -0.1) is 0 Å². The van der Waals surface area contributed by atoms with Crippen molar-refractivity contribution in [3.05, 3.63) is 0 Å². The lowest BCUT2D eigenvalue weighted by molar-refractivity contribution is -0.139. The van der Waals surface area contributed by atoms with E-state index in [4.69, 9.17) is 20.9 Å². The van der Waals surface area contributed by atoms with Crippen LogP contribution in [-0.2, 0) is 33.4 Å². The third kappa shape index (κ3) is 12.6. The van der Waals surface area contributed by atoms with E-state index in [9.17, 15) is 24.0 Å². The fraction of sp³-hybridized carbons (Fsp3) is 0.727. The molecule has 0 bridgehead atoms. The Morgan fingerprint density at radius 2 is 1.92 bits per heavy atom. The number of amides is 4. The third-order valence-electron chi connectivity index (χ3n) is 5.23. The van der Waals surface area contributed by atoms with Gasteiger partial charge in [0.15, 0.2) is 5.96 Å². The number of guanidine groups is 1. The molecular formula is C22H39N7O7. The van der Waals surface area contributed by atoms with Crippen molar-refractivity contribution in [1.29, 1.82) is 0 Å². The minimum Gasteiger partial charge on any atom is -0.377 e. The monoisotopic (exact) mass is 513 g/mol. The summed E-state index contributed by atoms with van der Waals surface area (Å²) in [6.07, 6.45) is 3.10. The fourth-order valence-corrected chi connectivity index (χ4v) is 3.43. The van der Waals surface area contributed by atoms with Crippen molar-refractivity contribution < 1.29 is 33.4 Å². The Hall–Kier alpha value is -3.10. The Bertz CT molecular complexity index is 778. The zero-order chi connectivity index (χ0) is 26.9. The number of aliphatic imine (C=N–C) groups is 1. The first kappa shape index (κ1) is 30.9. The number of carbonyl (C=O) groups is 5. The Morgan fingerprint density at radius 3 is 2.61 bits per heavy atom. The summed E-state index contributed by atoms with van der Waals surface area (Å²) in [6.45, 7) is 4.39. The molecule has 0 spiro atoms. The first-order valence-electron chi connectivity index (χ1n) is 12.0. The molecule has 1 unspecified atom stereocenters. The molecule has 1 aliphatic heterocycles. The Balaban J connectivity index is 2.05. The molecule has 3 atom stereocenters. The van der Waals surface area contributed by atoms with E-state index in [1.807, 2.05) is 0 Å². The molecule has 0 aromatic heterocycles. The van der Waals surface area contributed by atoms with Crippen molar-refractivity contribution in [2.75, 3.05) is 46.1 Å². The van der Waals surface area contributed by atoms with Crippen molar-refractivity contribution in [2.24, 2.45) is 16.5 Å². The molecule has 1 heterocycles. The second-order valence-corrected chi connectivity index (χ2v) is 8.32. The largest absolute Gasteiger partial charge is 0.377 e. The molecule has 0 saturated carbocycles. The maximum absolute atomic E-state index is 12.4. The van der Waals surface area contributed by atoms with Crippen LogP contribution in [0.1, 0.15) is 39.5 Å². The highest BCUT2D eigenvalue weighted by molar-refractivity contribution is 5.95. The van der Waals surface area contributed by atoms with Gasteiger partial charge in [0.05, 0.1) is 31.9 Å². The lowest BCUT2D eigenvalue weighted by Gasteiger charge is -2.24. The van der Waals surface area contributed by atoms with E-state index in [-0.39, 0.29) is 56.7 Å². The Labute approximate surface area is 210 Å². The molecule has 0 radical (unpaired) electrons. The molecule has 4 amide bonds. The first-order valence-corrected chi connectivity index (χ1v) is 12.0. The summed E-state index contributed by atoms with van der Waals surface area (Å²) in [5, 5.41) is 7.57. The molecular weight excluding hydrogens is 474 g/mol. The van der Waals surface area contributed by atoms with Gasteiger partial charge in [0.25, 0.3) is 0 Å². The average Bonchev–Trinajstić information content (AvgIpc) is 3.31. The second kappa shape index (κ2) is 17.3. The number of nitrogens with one attached hydrogen (secondary N) is 3. The first-order chi connectivity index (χ1) is 17.1. The van der Waals surface area contributed by atoms with Crippen LogP contribution >= 0.6 is 0 Å². The van der Waals surface area contributed by atoms with Crippen LogP contribution in [0.4, 0.5) is 0 Å². The quantitative estimate of drug-likeness (QED) is 0.0633. The standard InChI is InChI=1S/C22H39N7O7/c1-15(21(34)29-9-4-5-17(29)13-30)27-19(32)14-36-12-11-35-10-8-25-20(33)18(23)6-3-7-26-22(24)28-16(2)31/h13,15,17-18H,3-12,14,23H2,1-2H3,(H,25,33)(H,27,32)(H3,24,26,28,31)/t15-,17?,18+/m1/s1. The van der Waals surface area contributed by atoms with Gasteiger partial charge in [-0.2, -0.15) is 0 Å². The molecule has 36 heavy (non-hydrogen) atoms. The lowest BCUT2D eigenvalue weighted by atomic mass is 10.1. The van der Waals surface area contributed by atoms with Gasteiger partial charge in [0.1, 0.15) is 18.9 Å². The van der Waals surface area contributed by atoms with Gasteiger partial charge >= 0.3 is 0 Å². The summed E-state index contributed by atoms with van der Waals surface area (Å²) < 4.78 is 10.6. The molecule has 0 aromatic carbocycles. The van der Waals surface area contributed by atoms with Crippen LogP contribution < -0.4 is 27.4 Å². The Morgan fingerprint density at radius 1 is 1.19 bits per heavy atom. The number of rotatable bonds is 16. The van der Waals surface area contributed by atoms with Crippen LogP contribution in [0.2, 0.25) is 0 Å². The van der Waals surface area contributed by atoms with Crippen LogP contribution in [0.5, 0.6) is 0 Å². The predicted octanol–water partition coefficient (Wildman–Crippen LogP) is -2.61. The van der Waals surface area contributed by atoms with Crippen molar-refractivity contribution in [2.45, 2.75) is 57.7 Å². The SMILES string of the molecule is CC(=O)NC(N)=NCCC[C@H](N)C(=O)NCCOCCOCC(=O)N[C@H](C)C(=O)N1CCCC1C=O. The van der Waals surface area contributed by atoms with Crippen molar-refractivity contribution >= 4 is 35.9 Å². The number of aldehydes is 1. The Kier molecular flexibility index (Phi) is 14.9. The average molecular weight is 514 g/mol. The summed E-state index contributed by atoms with van der Waals surface area (Å²) in [6, 6.07) is -1.87. The number of nitrogens with two attached hydrogens (primary N) is 2. The molecule has 204 valence electrons. The van der Waals surface area contributed by atoms with Gasteiger partial charge < -0.3 is 41.3 Å². The van der Waals surface area contributed by atoms with Crippen LogP contribution in [-0.4, -0.2) is 105 Å². The van der Waals surface area contributed by atoms with Crippen molar-refractivity contribution in [3.8, 4) is 0 Å². The van der Waals surface area contributed by atoms with Gasteiger partial charge in [-0.1, -0.05) is 0 Å². The lowest BCUT2D eigenvalue weighted by Crippen LogP contribution is -2.49. The van der Waals surface area contributed by atoms with E-state index >= 15 is 0 Å². The highest BCUT2D eigenvalue weighted by Crippen LogP contribution is 2.16. The topological polar surface area (TPSA) is 208 Å². The van der Waals surface area contributed by atoms with Crippen molar-refractivity contribution in [1.82, 2.24) is 20.9 Å². The van der Waals surface area contributed by atoms with E-state index in [1.54, 1.807) is 6.92 Å². The maximum atomic E-state index is 12.4. The second-order valence-electron chi connectivity index (χ2n) is 8.32. The van der Waals surface area contributed by atoms with E-state index in [2.05, 4.69) is 20.9 Å². The molecule has 14 nitrogen and oxygen atoms in total. The van der Waals surface area contributed by atoms with E-state index in [0.717, 1.165) is 12.7 Å². The number of hydrogen-bond donors (Lipinski definition) is 5. The zero-order valence-electron chi connectivity index (χ0n) is 21.0. The number of likely N-dealkylation sites (tertiary alicyclic amines) is 1. The van der Waals surface area contributed by atoms with Gasteiger partial charge in [0.2, 0.25) is 23.6 Å². The van der Waals surface area contributed by atoms with E-state index < -0.39 is 24.0 Å². The molecule has 1 saturated heterocycles. The molecule has 1 fully saturated rings. The number of ether oxygens (including phenoxy) is 2. The third-order valence-corrected chi connectivity index (χ3v) is 5.23. The van der Waals surface area contributed by atoms with Crippen LogP contribution in [0, 0.1) is 0 Å². The maximum Gasteiger partial charge on any atom is 0.246 e. The number of hydrogen-bond acceptors (Lipinski definition) is 9. The molecule has 7 N–H and O–H groups in total. The summed E-state index contributed by atoms with van der Waals surface area (Å²) in [4.78, 5) is 63.6. The fourth-order valence-electron chi connectivity index (χ4n) is 3.43. The van der Waals surface area contributed by atoms with E-state index in [0.29, 0.717) is 32.4 Å². The highest BCUT2D eigenvalue weighted by Gasteiger charge is 2.31. The highest BCUT2D eigenvalue weighted by atomic mass is 16.5. The van der Waals surface area contributed by atoms with Crippen LogP contribution in [0.3, 0.4) is 0 Å². The van der Waals surface area contributed by atoms with Gasteiger partial charge in [-0.3, -0.25) is 29.5 Å². The summed E-state index contributed by atoms with van der Waals surface area (Å²) in [7, 11) is 0. The summed E-state index contributed by atoms with van der Waals surface area (Å²) in [5.41, 5.74) is 11.3. The molecule has 1 aliphatic rings. The smallest absolute Gasteiger partial charge is 0.246 e. The van der Waals surface area contributed by atoms with Crippen LogP contribution in [0.25, 0.3) is 0 Å². The normalized spacial score (nSPS) is 17.2. The minimum atomic E-state index is -0.748. The molecule has 0 aromatic rings. The number of carbonyl (C=O) groups excluding carboxylic acids is 5. The minimum absolute atomic E-state index is 0.0261. The van der Waals surface area contributed by atoms with Crippen LogP contribution in [0.15, 0.2) is 4.99 Å².